The first-order chi connectivity index (χ1) is 14.0. The fourth-order valence-corrected chi connectivity index (χ4v) is 3.99. The number of benzene rings is 1. The number of ether oxygens (including phenoxy) is 1. The van der Waals surface area contributed by atoms with Gasteiger partial charge in [0.25, 0.3) is 0 Å². The molecule has 0 aliphatic carbocycles. The Balaban J connectivity index is 1.83. The van der Waals surface area contributed by atoms with Crippen LogP contribution in [0.4, 0.5) is 20.4 Å². The van der Waals surface area contributed by atoms with Gasteiger partial charge in [0.2, 0.25) is 5.13 Å². The van der Waals surface area contributed by atoms with Crippen molar-refractivity contribution in [1.29, 1.82) is 0 Å². The van der Waals surface area contributed by atoms with Crippen LogP contribution < -0.4 is 9.80 Å². The fourth-order valence-electron chi connectivity index (χ4n) is 2.76. The third-order valence-corrected chi connectivity index (χ3v) is 6.68. The van der Waals surface area contributed by atoms with E-state index >= 15 is 0 Å². The smallest absolute Gasteiger partial charge is 0.415 e. The second-order valence-electron chi connectivity index (χ2n) is 8.00. The van der Waals surface area contributed by atoms with E-state index in [2.05, 4.69) is 10.2 Å². The van der Waals surface area contributed by atoms with Gasteiger partial charge in [0.1, 0.15) is 5.01 Å². The van der Waals surface area contributed by atoms with Crippen LogP contribution in [0.3, 0.4) is 0 Å². The summed E-state index contributed by atoms with van der Waals surface area (Å²) >= 11 is 13.3. The van der Waals surface area contributed by atoms with Gasteiger partial charge < -0.3 is 9.64 Å². The number of carbonyl (C=O) groups is 2. The Morgan fingerprint density at radius 2 is 1.97 bits per heavy atom. The van der Waals surface area contributed by atoms with E-state index in [0.29, 0.717) is 33.8 Å². The lowest BCUT2D eigenvalue weighted by Gasteiger charge is -2.37. The van der Waals surface area contributed by atoms with Gasteiger partial charge in [-0.1, -0.05) is 55.3 Å². The summed E-state index contributed by atoms with van der Waals surface area (Å²) in [5.41, 5.74) is 0.312. The maximum atomic E-state index is 12.9. The molecule has 1 fully saturated rings. The van der Waals surface area contributed by atoms with Crippen LogP contribution in [0.25, 0.3) is 0 Å². The minimum absolute atomic E-state index is 0.207. The van der Waals surface area contributed by atoms with Gasteiger partial charge in [-0.25, -0.2) is 14.5 Å². The molecule has 1 aromatic heterocycles. The summed E-state index contributed by atoms with van der Waals surface area (Å²) < 4.78 is 5.69. The predicted molar refractivity (Wildman–Crippen MR) is 119 cm³/mol. The average Bonchev–Trinajstić information content (AvgIpc) is 3.16. The van der Waals surface area contributed by atoms with Crippen molar-refractivity contribution in [3.63, 3.8) is 0 Å². The Morgan fingerprint density at radius 1 is 1.27 bits per heavy atom. The number of hydrogen-bond acceptors (Lipinski definition) is 6. The normalized spacial score (nSPS) is 17.3. The summed E-state index contributed by atoms with van der Waals surface area (Å²) in [5.74, 6) is 0. The van der Waals surface area contributed by atoms with E-state index in [1.165, 1.54) is 21.1 Å². The molecule has 0 radical (unpaired) electrons. The molecule has 1 aliphatic heterocycles. The molecule has 1 atom stereocenters. The van der Waals surface area contributed by atoms with Crippen LogP contribution in [0.5, 0.6) is 0 Å². The molecule has 2 aromatic rings. The second-order valence-corrected chi connectivity index (χ2v) is 9.77. The van der Waals surface area contributed by atoms with Crippen molar-refractivity contribution in [2.75, 3.05) is 30.4 Å². The van der Waals surface area contributed by atoms with Crippen LogP contribution >= 0.6 is 34.5 Å². The molecule has 2 heterocycles. The van der Waals surface area contributed by atoms with Gasteiger partial charge in [-0.05, 0) is 18.2 Å². The molecule has 30 heavy (non-hydrogen) atoms. The third-order valence-electron chi connectivity index (χ3n) is 4.60. The molecule has 1 unspecified atom stereocenters. The monoisotopic (exact) mass is 471 g/mol. The quantitative estimate of drug-likeness (QED) is 0.628. The molecule has 162 valence electrons. The summed E-state index contributed by atoms with van der Waals surface area (Å²) in [4.78, 5) is 29.9. The van der Waals surface area contributed by atoms with Crippen molar-refractivity contribution in [2.24, 2.45) is 0 Å². The summed E-state index contributed by atoms with van der Waals surface area (Å²) in [7, 11) is 3.26. The van der Waals surface area contributed by atoms with Crippen LogP contribution in [-0.2, 0) is 10.2 Å². The van der Waals surface area contributed by atoms with E-state index in [-0.39, 0.29) is 11.4 Å². The van der Waals surface area contributed by atoms with Crippen molar-refractivity contribution in [2.45, 2.75) is 38.8 Å². The second kappa shape index (κ2) is 8.56. The molecule has 0 N–H and O–H groups in total. The van der Waals surface area contributed by atoms with Gasteiger partial charge in [-0.2, -0.15) is 0 Å². The molecular weight excluding hydrogens is 449 g/mol. The zero-order valence-electron chi connectivity index (χ0n) is 17.3. The van der Waals surface area contributed by atoms with E-state index in [1.807, 2.05) is 20.8 Å². The molecule has 1 aromatic carbocycles. The molecule has 0 saturated carbocycles. The van der Waals surface area contributed by atoms with E-state index in [0.717, 1.165) is 5.01 Å². The van der Waals surface area contributed by atoms with Crippen molar-refractivity contribution in [3.8, 4) is 0 Å². The Hall–Kier alpha value is -2.10. The molecule has 3 amide bonds. The minimum atomic E-state index is -0.799. The van der Waals surface area contributed by atoms with Crippen LogP contribution in [0.2, 0.25) is 10.0 Å². The summed E-state index contributed by atoms with van der Waals surface area (Å²) in [6.07, 6.45) is -0.985. The first-order valence-electron chi connectivity index (χ1n) is 9.26. The lowest BCUT2D eigenvalue weighted by Crippen LogP contribution is -2.55. The highest BCUT2D eigenvalue weighted by Gasteiger charge is 2.38. The molecule has 0 bridgehead atoms. The molecule has 11 heteroatoms. The highest BCUT2D eigenvalue weighted by Crippen LogP contribution is 2.33. The van der Waals surface area contributed by atoms with Crippen molar-refractivity contribution in [1.82, 2.24) is 15.1 Å². The zero-order valence-corrected chi connectivity index (χ0v) is 19.7. The van der Waals surface area contributed by atoms with E-state index in [9.17, 15) is 9.59 Å². The van der Waals surface area contributed by atoms with Crippen LogP contribution in [0, 0.1) is 0 Å². The number of halogens is 2. The number of aromatic nitrogens is 2. The van der Waals surface area contributed by atoms with Gasteiger partial charge in [-0.3, -0.25) is 4.90 Å². The number of nitrogens with zero attached hydrogens (tertiary/aromatic N) is 5. The van der Waals surface area contributed by atoms with Gasteiger partial charge in [0.05, 0.1) is 10.0 Å². The fraction of sp³-hybridized carbons (Fsp3) is 0.474. The van der Waals surface area contributed by atoms with E-state index in [1.54, 1.807) is 37.2 Å². The third kappa shape index (κ3) is 4.63. The Morgan fingerprint density at radius 3 is 2.57 bits per heavy atom. The molecule has 0 spiro atoms. The van der Waals surface area contributed by atoms with Gasteiger partial charge in [0, 0.05) is 38.2 Å². The van der Waals surface area contributed by atoms with Gasteiger partial charge in [0.15, 0.2) is 6.23 Å². The van der Waals surface area contributed by atoms with Crippen LogP contribution in [0.15, 0.2) is 18.2 Å². The minimum Gasteiger partial charge on any atom is -0.424 e. The number of carbonyl (C=O) groups excluding carboxylic acids is 2. The molecular formula is C19H23Cl2N5O3S. The lowest BCUT2D eigenvalue weighted by atomic mass is 9.98. The summed E-state index contributed by atoms with van der Waals surface area (Å²) in [6.45, 7) is 6.51. The maximum Gasteiger partial charge on any atom is 0.415 e. The summed E-state index contributed by atoms with van der Waals surface area (Å²) in [5, 5.41) is 10.3. The van der Waals surface area contributed by atoms with Crippen molar-refractivity contribution in [3.05, 3.63) is 33.3 Å². The maximum absolute atomic E-state index is 12.9. The van der Waals surface area contributed by atoms with Gasteiger partial charge in [-0.15, -0.1) is 10.2 Å². The molecule has 1 aliphatic rings. The first kappa shape index (κ1) is 22.6. The SMILES string of the molecule is CN1CCC(OC(=O)N(C)c2ccc(Cl)c(Cl)c2)N(c2nnc(C(C)(C)C)s2)C1=O. The average molecular weight is 472 g/mol. The van der Waals surface area contributed by atoms with Crippen molar-refractivity contribution >= 4 is 57.5 Å². The molecule has 3 rings (SSSR count). The Kier molecular flexibility index (Phi) is 6.45. The number of amides is 3. The molecule has 8 nitrogen and oxygen atoms in total. The van der Waals surface area contributed by atoms with Crippen LogP contribution in [-0.4, -0.2) is 54.1 Å². The Labute approximate surface area is 189 Å². The lowest BCUT2D eigenvalue weighted by molar-refractivity contribution is 0.0800. The van der Waals surface area contributed by atoms with Gasteiger partial charge >= 0.3 is 12.1 Å². The van der Waals surface area contributed by atoms with E-state index < -0.39 is 12.3 Å². The highest BCUT2D eigenvalue weighted by molar-refractivity contribution is 7.15. The number of anilines is 2. The topological polar surface area (TPSA) is 78.9 Å². The zero-order chi connectivity index (χ0) is 22.2. The predicted octanol–water partition coefficient (Wildman–Crippen LogP) is 5.00. The standard InChI is InChI=1S/C19H23Cl2N5O3S/c1-19(2,3)15-22-23-16(30-15)26-14(8-9-24(4)17(26)27)29-18(28)25(5)11-6-7-12(20)13(21)10-11/h6-7,10,14H,8-9H2,1-5H3. The number of rotatable bonds is 3. The first-order valence-corrected chi connectivity index (χ1v) is 10.8. The van der Waals surface area contributed by atoms with E-state index in [4.69, 9.17) is 27.9 Å². The number of urea groups is 1. The Bertz CT molecular complexity index is 962. The van der Waals surface area contributed by atoms with Crippen molar-refractivity contribution < 1.29 is 14.3 Å². The largest absolute Gasteiger partial charge is 0.424 e. The summed E-state index contributed by atoms with van der Waals surface area (Å²) in [6, 6.07) is 4.54. The highest BCUT2D eigenvalue weighted by atomic mass is 35.5. The molecule has 1 saturated heterocycles. The number of hydrogen-bond donors (Lipinski definition) is 0. The van der Waals surface area contributed by atoms with Crippen LogP contribution in [0.1, 0.15) is 32.2 Å².